The molecule has 2 aliphatic rings. The number of halogens is 1. The maximum absolute atomic E-state index is 12.2. The number of benzene rings is 1. The molecule has 0 radical (unpaired) electrons. The number of nitrogens with one attached hydrogen (secondary N) is 3. The van der Waals surface area contributed by atoms with Crippen molar-refractivity contribution < 1.29 is 18.0 Å². The van der Waals surface area contributed by atoms with E-state index < -0.39 is 15.1 Å². The fourth-order valence-electron chi connectivity index (χ4n) is 3.43. The Bertz CT molecular complexity index is 783. The van der Waals surface area contributed by atoms with E-state index in [9.17, 15) is 18.0 Å². The molecule has 3 rings (SSSR count). The Kier molecular flexibility index (Phi) is 5.19. The lowest BCUT2D eigenvalue weighted by molar-refractivity contribution is -0.116. The van der Waals surface area contributed by atoms with Crippen LogP contribution in [0.3, 0.4) is 0 Å². The molecule has 0 bridgehead atoms. The van der Waals surface area contributed by atoms with Gasteiger partial charge in [0.15, 0.2) is 9.84 Å². The Morgan fingerprint density at radius 1 is 1.28 bits per heavy atom. The molecule has 0 saturated carbocycles. The van der Waals surface area contributed by atoms with Crippen LogP contribution in [-0.4, -0.2) is 43.4 Å². The van der Waals surface area contributed by atoms with E-state index in [4.69, 9.17) is 11.6 Å². The Balaban J connectivity index is 1.45. The van der Waals surface area contributed by atoms with Crippen LogP contribution >= 0.6 is 11.6 Å². The molecule has 1 aromatic rings. The molecule has 2 saturated heterocycles. The van der Waals surface area contributed by atoms with Gasteiger partial charge < -0.3 is 16.0 Å². The lowest BCUT2D eigenvalue weighted by Crippen LogP contribution is -2.39. The molecule has 9 heteroatoms. The predicted octanol–water partition coefficient (Wildman–Crippen LogP) is 1.69. The van der Waals surface area contributed by atoms with E-state index in [1.807, 2.05) is 0 Å². The quantitative estimate of drug-likeness (QED) is 0.512. The maximum atomic E-state index is 12.2. The van der Waals surface area contributed by atoms with E-state index in [0.717, 1.165) is 0 Å². The average molecular weight is 386 g/mol. The van der Waals surface area contributed by atoms with E-state index in [0.29, 0.717) is 36.4 Å². The summed E-state index contributed by atoms with van der Waals surface area (Å²) in [5, 5.41) is 8.06. The molecule has 2 fully saturated rings. The summed E-state index contributed by atoms with van der Waals surface area (Å²) in [5.41, 5.74) is 0.637. The van der Waals surface area contributed by atoms with Crippen LogP contribution in [-0.2, 0) is 14.6 Å². The van der Waals surface area contributed by atoms with Crippen LogP contribution in [0.25, 0.3) is 0 Å². The van der Waals surface area contributed by atoms with Crippen molar-refractivity contribution in [1.29, 1.82) is 0 Å². The molecular weight excluding hydrogens is 366 g/mol. The van der Waals surface area contributed by atoms with Gasteiger partial charge in [0.2, 0.25) is 5.91 Å². The Morgan fingerprint density at radius 2 is 2.08 bits per heavy atom. The molecule has 0 spiro atoms. The van der Waals surface area contributed by atoms with Crippen molar-refractivity contribution >= 4 is 39.1 Å². The van der Waals surface area contributed by atoms with Crippen molar-refractivity contribution in [2.45, 2.75) is 43.0 Å². The first kappa shape index (κ1) is 18.0. The third-order valence-electron chi connectivity index (χ3n) is 4.57. The van der Waals surface area contributed by atoms with E-state index in [1.165, 1.54) is 0 Å². The minimum Gasteiger partial charge on any atom is -0.332 e. The van der Waals surface area contributed by atoms with Gasteiger partial charge >= 0.3 is 6.03 Å². The van der Waals surface area contributed by atoms with Crippen LogP contribution in [0.1, 0.15) is 25.7 Å². The van der Waals surface area contributed by atoms with Crippen molar-refractivity contribution in [3.63, 3.8) is 0 Å². The SMILES string of the molecule is O=C(CCCC[C@@H]1[C@@H]2NC(=O)N[C@@H]2CS1(=O)=O)Nc1cccc(Cl)c1. The average Bonchev–Trinajstić information content (AvgIpc) is 2.96. The van der Waals surface area contributed by atoms with E-state index in [1.54, 1.807) is 24.3 Å². The van der Waals surface area contributed by atoms with Gasteiger partial charge in [-0.15, -0.1) is 0 Å². The zero-order valence-electron chi connectivity index (χ0n) is 13.5. The number of amides is 3. The number of fused-ring (bicyclic) bond motifs is 1. The zero-order valence-corrected chi connectivity index (χ0v) is 15.1. The molecule has 1 aromatic carbocycles. The van der Waals surface area contributed by atoms with Gasteiger partial charge in [0.25, 0.3) is 0 Å². The van der Waals surface area contributed by atoms with Crippen LogP contribution in [0.4, 0.5) is 10.5 Å². The van der Waals surface area contributed by atoms with Gasteiger partial charge in [-0.05, 0) is 31.0 Å². The Labute approximate surface area is 151 Å². The van der Waals surface area contributed by atoms with Gasteiger partial charge in [-0.3, -0.25) is 4.79 Å². The molecule has 0 aliphatic carbocycles. The van der Waals surface area contributed by atoms with Gasteiger partial charge in [-0.25, -0.2) is 13.2 Å². The number of hydrogen-bond donors (Lipinski definition) is 3. The highest BCUT2D eigenvalue weighted by molar-refractivity contribution is 7.92. The number of carbonyl (C=O) groups excluding carboxylic acids is 2. The van der Waals surface area contributed by atoms with Crippen LogP contribution in [0.15, 0.2) is 24.3 Å². The number of anilines is 1. The molecule has 7 nitrogen and oxygen atoms in total. The zero-order chi connectivity index (χ0) is 18.0. The number of carbonyl (C=O) groups is 2. The molecule has 3 N–H and O–H groups in total. The largest absolute Gasteiger partial charge is 0.332 e. The molecule has 2 heterocycles. The van der Waals surface area contributed by atoms with Crippen molar-refractivity contribution in [3.05, 3.63) is 29.3 Å². The molecular formula is C16H20ClN3O4S. The van der Waals surface area contributed by atoms with Crippen LogP contribution in [0, 0.1) is 0 Å². The topological polar surface area (TPSA) is 104 Å². The Hall–Kier alpha value is -1.80. The minimum absolute atomic E-state index is 0.0175. The number of unbranched alkanes of at least 4 members (excludes halogenated alkanes) is 1. The second kappa shape index (κ2) is 7.21. The van der Waals surface area contributed by atoms with Gasteiger partial charge in [0, 0.05) is 17.1 Å². The smallest absolute Gasteiger partial charge is 0.315 e. The summed E-state index contributed by atoms with van der Waals surface area (Å²) in [5.74, 6) is -0.152. The number of hydrogen-bond acceptors (Lipinski definition) is 4. The highest BCUT2D eigenvalue weighted by atomic mass is 35.5. The molecule has 0 unspecified atom stereocenters. The van der Waals surface area contributed by atoms with E-state index >= 15 is 0 Å². The summed E-state index contributed by atoms with van der Waals surface area (Å²) in [6.07, 6.45) is 1.93. The summed E-state index contributed by atoms with van der Waals surface area (Å²) in [6, 6.07) is 5.89. The minimum atomic E-state index is -3.22. The first-order valence-electron chi connectivity index (χ1n) is 8.19. The summed E-state index contributed by atoms with van der Waals surface area (Å²) in [7, 11) is -3.22. The maximum Gasteiger partial charge on any atom is 0.315 e. The second-order valence-corrected chi connectivity index (χ2v) is 9.12. The molecule has 3 atom stereocenters. The van der Waals surface area contributed by atoms with Crippen LogP contribution in [0.2, 0.25) is 5.02 Å². The third-order valence-corrected chi connectivity index (χ3v) is 7.08. The lowest BCUT2D eigenvalue weighted by Gasteiger charge is -2.16. The fourth-order valence-corrected chi connectivity index (χ4v) is 5.89. The van der Waals surface area contributed by atoms with Crippen LogP contribution < -0.4 is 16.0 Å². The standard InChI is InChI=1S/C16H20ClN3O4S/c17-10-4-3-5-11(8-10)18-14(21)7-2-1-6-13-15-12(9-25(13,23)24)19-16(22)20-15/h3-5,8,12-13,15H,1-2,6-7,9H2,(H,18,21)(H2,19,20,22)/t12-,13-,15-/m1/s1. The van der Waals surface area contributed by atoms with Crippen molar-refractivity contribution in [3.8, 4) is 0 Å². The molecule has 136 valence electrons. The highest BCUT2D eigenvalue weighted by Gasteiger charge is 2.51. The molecule has 0 aromatic heterocycles. The fraction of sp³-hybridized carbons (Fsp3) is 0.500. The predicted molar refractivity (Wildman–Crippen MR) is 95.4 cm³/mol. The van der Waals surface area contributed by atoms with E-state index in [-0.39, 0.29) is 29.8 Å². The summed E-state index contributed by atoms with van der Waals surface area (Å²) in [6.45, 7) is 0. The summed E-state index contributed by atoms with van der Waals surface area (Å²) >= 11 is 5.87. The Morgan fingerprint density at radius 3 is 2.84 bits per heavy atom. The number of sulfone groups is 1. The highest BCUT2D eigenvalue weighted by Crippen LogP contribution is 2.28. The molecule has 25 heavy (non-hydrogen) atoms. The van der Waals surface area contributed by atoms with Gasteiger partial charge in [0.1, 0.15) is 0 Å². The third kappa shape index (κ3) is 4.24. The first-order valence-corrected chi connectivity index (χ1v) is 10.3. The van der Waals surface area contributed by atoms with Crippen molar-refractivity contribution in [2.24, 2.45) is 0 Å². The number of rotatable bonds is 6. The number of urea groups is 1. The lowest BCUT2D eigenvalue weighted by atomic mass is 10.0. The normalized spacial score (nSPS) is 26.6. The summed E-state index contributed by atoms with van der Waals surface area (Å²) in [4.78, 5) is 23.3. The van der Waals surface area contributed by atoms with Crippen molar-refractivity contribution in [2.75, 3.05) is 11.1 Å². The van der Waals surface area contributed by atoms with Gasteiger partial charge in [0.05, 0.1) is 23.1 Å². The van der Waals surface area contributed by atoms with Gasteiger partial charge in [-0.1, -0.05) is 24.1 Å². The molecule has 2 aliphatic heterocycles. The second-order valence-electron chi connectivity index (χ2n) is 6.42. The monoisotopic (exact) mass is 385 g/mol. The summed E-state index contributed by atoms with van der Waals surface area (Å²) < 4.78 is 24.4. The first-order chi connectivity index (χ1) is 11.8. The van der Waals surface area contributed by atoms with Gasteiger partial charge in [-0.2, -0.15) is 0 Å². The van der Waals surface area contributed by atoms with Crippen LogP contribution in [0.5, 0.6) is 0 Å². The molecule has 3 amide bonds. The van der Waals surface area contributed by atoms with E-state index in [2.05, 4.69) is 16.0 Å². The van der Waals surface area contributed by atoms with Crippen molar-refractivity contribution in [1.82, 2.24) is 10.6 Å².